The van der Waals surface area contributed by atoms with Crippen molar-refractivity contribution >= 4 is 45.8 Å². The fraction of sp³-hybridized carbons (Fsp3) is 0.600. The van der Waals surface area contributed by atoms with Gasteiger partial charge in [0.1, 0.15) is 6.42 Å². The highest BCUT2D eigenvalue weighted by Gasteiger charge is 2.04. The molecular formula is C5H11Br2NO3. The predicted octanol–water partition coefficient (Wildman–Crippen LogP) is 0.581. The molecule has 2 N–H and O–H groups in total. The van der Waals surface area contributed by atoms with Gasteiger partial charge in [0.15, 0.2) is 0 Å². The Morgan fingerprint density at radius 3 is 2.09 bits per heavy atom. The standard InChI is InChI=1S/C5H9NO3.2BrH/c1-2-9-5(8)3-4(6)7;;/h2-3H2,1H3,(H2,6,7);2*1H. The summed E-state index contributed by atoms with van der Waals surface area (Å²) in [5.41, 5.74) is 4.68. The molecule has 6 heteroatoms. The molecule has 0 bridgehead atoms. The van der Waals surface area contributed by atoms with Crippen LogP contribution in [0, 0.1) is 0 Å². The molecule has 0 saturated carbocycles. The van der Waals surface area contributed by atoms with Crippen molar-refractivity contribution in [3.8, 4) is 0 Å². The van der Waals surface area contributed by atoms with E-state index in [4.69, 9.17) is 0 Å². The zero-order chi connectivity index (χ0) is 7.28. The van der Waals surface area contributed by atoms with Crippen LogP contribution in [0.2, 0.25) is 0 Å². The third-order valence-corrected chi connectivity index (χ3v) is 0.624. The molecule has 0 radical (unpaired) electrons. The highest BCUT2D eigenvalue weighted by Crippen LogP contribution is 1.82. The summed E-state index contributed by atoms with van der Waals surface area (Å²) in [7, 11) is 0. The van der Waals surface area contributed by atoms with Crippen LogP contribution in [-0.4, -0.2) is 18.5 Å². The SMILES string of the molecule is Br.Br.CCOC(=O)CC(N)=O. The van der Waals surface area contributed by atoms with E-state index in [9.17, 15) is 9.59 Å². The Morgan fingerprint density at radius 2 is 1.82 bits per heavy atom. The molecule has 0 aromatic heterocycles. The molecule has 0 aliphatic heterocycles. The second-order valence-electron chi connectivity index (χ2n) is 1.45. The molecule has 11 heavy (non-hydrogen) atoms. The van der Waals surface area contributed by atoms with Gasteiger partial charge in [0.2, 0.25) is 5.91 Å². The van der Waals surface area contributed by atoms with Crippen molar-refractivity contribution in [2.75, 3.05) is 6.61 Å². The van der Waals surface area contributed by atoms with Gasteiger partial charge in [-0.05, 0) is 6.92 Å². The highest BCUT2D eigenvalue weighted by molar-refractivity contribution is 8.93. The largest absolute Gasteiger partial charge is 0.466 e. The van der Waals surface area contributed by atoms with Crippen molar-refractivity contribution in [3.63, 3.8) is 0 Å². The Hall–Kier alpha value is -0.100. The molecule has 0 atom stereocenters. The Balaban J connectivity index is -0.000000320. The van der Waals surface area contributed by atoms with Gasteiger partial charge in [-0.15, -0.1) is 34.0 Å². The summed E-state index contributed by atoms with van der Waals surface area (Å²) in [6, 6.07) is 0. The number of hydrogen-bond donors (Lipinski definition) is 1. The lowest BCUT2D eigenvalue weighted by atomic mass is 10.4. The summed E-state index contributed by atoms with van der Waals surface area (Å²) in [6.07, 6.45) is -0.326. The number of primary amides is 1. The molecule has 0 aliphatic carbocycles. The van der Waals surface area contributed by atoms with Crippen LogP contribution in [-0.2, 0) is 14.3 Å². The van der Waals surface area contributed by atoms with Crippen LogP contribution in [0.15, 0.2) is 0 Å². The Bertz CT molecular complexity index is 129. The zero-order valence-electron chi connectivity index (χ0n) is 6.03. The van der Waals surface area contributed by atoms with E-state index in [0.717, 1.165) is 0 Å². The Labute approximate surface area is 86.0 Å². The van der Waals surface area contributed by atoms with Gasteiger partial charge in [-0.25, -0.2) is 0 Å². The summed E-state index contributed by atoms with van der Waals surface area (Å²) in [5.74, 6) is -1.22. The molecule has 0 unspecified atom stereocenters. The summed E-state index contributed by atoms with van der Waals surface area (Å²) in [4.78, 5) is 20.3. The maximum absolute atomic E-state index is 10.3. The average Bonchev–Trinajstić information content (AvgIpc) is 1.63. The van der Waals surface area contributed by atoms with Crippen molar-refractivity contribution in [1.29, 1.82) is 0 Å². The molecule has 0 fully saturated rings. The molecule has 0 spiro atoms. The van der Waals surface area contributed by atoms with Crippen LogP contribution < -0.4 is 5.73 Å². The van der Waals surface area contributed by atoms with Crippen molar-refractivity contribution in [2.45, 2.75) is 13.3 Å². The van der Waals surface area contributed by atoms with Crippen molar-refractivity contribution in [3.05, 3.63) is 0 Å². The van der Waals surface area contributed by atoms with Gasteiger partial charge in [-0.1, -0.05) is 0 Å². The first-order valence-corrected chi connectivity index (χ1v) is 2.60. The van der Waals surface area contributed by atoms with Crippen LogP contribution in [0.4, 0.5) is 0 Å². The van der Waals surface area contributed by atoms with Gasteiger partial charge in [0.25, 0.3) is 0 Å². The summed E-state index contributed by atoms with van der Waals surface area (Å²) >= 11 is 0. The van der Waals surface area contributed by atoms with Gasteiger partial charge in [0, 0.05) is 0 Å². The fourth-order valence-electron chi connectivity index (χ4n) is 0.354. The Morgan fingerprint density at radius 1 is 1.36 bits per heavy atom. The number of nitrogens with two attached hydrogens (primary N) is 1. The minimum Gasteiger partial charge on any atom is -0.466 e. The molecule has 0 aliphatic rings. The third-order valence-electron chi connectivity index (χ3n) is 0.624. The molecule has 68 valence electrons. The van der Waals surface area contributed by atoms with Crippen LogP contribution in [0.1, 0.15) is 13.3 Å². The lowest BCUT2D eigenvalue weighted by Gasteiger charge is -1.95. The van der Waals surface area contributed by atoms with Crippen LogP contribution in [0.5, 0.6) is 0 Å². The second-order valence-corrected chi connectivity index (χ2v) is 1.45. The van der Waals surface area contributed by atoms with E-state index in [1.54, 1.807) is 6.92 Å². The van der Waals surface area contributed by atoms with E-state index >= 15 is 0 Å². The van der Waals surface area contributed by atoms with Gasteiger partial charge < -0.3 is 10.5 Å². The predicted molar refractivity (Wildman–Crippen MR) is 51.1 cm³/mol. The van der Waals surface area contributed by atoms with E-state index in [1.807, 2.05) is 0 Å². The van der Waals surface area contributed by atoms with Crippen molar-refractivity contribution in [1.82, 2.24) is 0 Å². The average molecular weight is 293 g/mol. The van der Waals surface area contributed by atoms with Gasteiger partial charge in [-0.3, -0.25) is 9.59 Å². The number of rotatable bonds is 3. The summed E-state index contributed by atoms with van der Waals surface area (Å²) < 4.78 is 4.41. The van der Waals surface area contributed by atoms with E-state index in [2.05, 4.69) is 10.5 Å². The van der Waals surface area contributed by atoms with Crippen molar-refractivity contribution < 1.29 is 14.3 Å². The molecule has 4 nitrogen and oxygen atoms in total. The molecule has 1 amide bonds. The van der Waals surface area contributed by atoms with Crippen LogP contribution in [0.25, 0.3) is 0 Å². The molecule has 0 aromatic rings. The highest BCUT2D eigenvalue weighted by atomic mass is 79.9. The number of carbonyl (C=O) groups excluding carboxylic acids is 2. The normalized spacial score (nSPS) is 7.00. The van der Waals surface area contributed by atoms with Crippen LogP contribution in [0.3, 0.4) is 0 Å². The maximum atomic E-state index is 10.3. The number of amides is 1. The zero-order valence-corrected chi connectivity index (χ0v) is 9.46. The summed E-state index contributed by atoms with van der Waals surface area (Å²) in [6.45, 7) is 1.95. The van der Waals surface area contributed by atoms with Gasteiger partial charge >= 0.3 is 5.97 Å². The van der Waals surface area contributed by atoms with E-state index in [1.165, 1.54) is 0 Å². The quantitative estimate of drug-likeness (QED) is 0.611. The molecule has 0 saturated heterocycles. The van der Waals surface area contributed by atoms with E-state index < -0.39 is 11.9 Å². The first-order chi connectivity index (χ1) is 4.16. The van der Waals surface area contributed by atoms with E-state index in [-0.39, 0.29) is 47.0 Å². The smallest absolute Gasteiger partial charge is 0.315 e. The minimum atomic E-state index is -0.659. The second kappa shape index (κ2) is 9.90. The number of hydrogen-bond acceptors (Lipinski definition) is 3. The van der Waals surface area contributed by atoms with Gasteiger partial charge in [-0.2, -0.15) is 0 Å². The monoisotopic (exact) mass is 291 g/mol. The third kappa shape index (κ3) is 13.0. The van der Waals surface area contributed by atoms with Crippen molar-refractivity contribution in [2.24, 2.45) is 5.73 Å². The topological polar surface area (TPSA) is 69.4 Å². The lowest BCUT2D eigenvalue weighted by Crippen LogP contribution is -2.17. The number of ether oxygens (including phenoxy) is 1. The van der Waals surface area contributed by atoms with E-state index in [0.29, 0.717) is 0 Å². The van der Waals surface area contributed by atoms with Gasteiger partial charge in [0.05, 0.1) is 6.61 Å². The molecular weight excluding hydrogens is 282 g/mol. The Kier molecular flexibility index (Phi) is 15.4. The van der Waals surface area contributed by atoms with Crippen LogP contribution >= 0.6 is 34.0 Å². The molecule has 0 aromatic carbocycles. The first-order valence-electron chi connectivity index (χ1n) is 2.60. The lowest BCUT2D eigenvalue weighted by molar-refractivity contribution is -0.145. The number of halogens is 2. The summed E-state index contributed by atoms with van der Waals surface area (Å²) in [5, 5.41) is 0. The molecule has 0 heterocycles. The number of carbonyl (C=O) groups is 2. The molecule has 0 rings (SSSR count). The number of esters is 1. The fourth-order valence-corrected chi connectivity index (χ4v) is 0.354. The first kappa shape index (κ1) is 17.1. The maximum Gasteiger partial charge on any atom is 0.315 e. The minimum absolute atomic E-state index is 0.